The lowest BCUT2D eigenvalue weighted by molar-refractivity contribution is -0.203. The monoisotopic (exact) mass is 213 g/mol. The first-order chi connectivity index (χ1) is 5.47. The van der Waals surface area contributed by atoms with E-state index < -0.39 is 6.72 Å². The summed E-state index contributed by atoms with van der Waals surface area (Å²) in [6.07, 6.45) is -0.565. The molecule has 0 aromatic carbocycles. The lowest BCUT2D eigenvalue weighted by atomic mass is 10.4. The lowest BCUT2D eigenvalue weighted by Gasteiger charge is -2.21. The Hall–Kier alpha value is 0.450. The molecule has 0 amide bonds. The number of hydrogen-bond acceptors (Lipinski definition) is 5. The van der Waals surface area contributed by atoms with E-state index in [0.29, 0.717) is 6.61 Å². The van der Waals surface area contributed by atoms with E-state index in [0.717, 1.165) is 0 Å². The smallest absolute Gasteiger partial charge is 0.155 e. The van der Waals surface area contributed by atoms with Gasteiger partial charge in [0.25, 0.3) is 0 Å². The van der Waals surface area contributed by atoms with Gasteiger partial charge in [0.2, 0.25) is 0 Å². The van der Waals surface area contributed by atoms with Crippen molar-refractivity contribution in [3.05, 3.63) is 0 Å². The second-order valence-electron chi connectivity index (χ2n) is 2.42. The van der Waals surface area contributed by atoms with E-state index in [9.17, 15) is 4.89 Å². The minimum Gasteiger partial charge on any atom is -0.780 e. The molecule has 5 nitrogen and oxygen atoms in total. The maximum absolute atomic E-state index is 10.5. The van der Waals surface area contributed by atoms with Gasteiger partial charge in [-0.2, -0.15) is 0 Å². The molecule has 1 fully saturated rings. The molecule has 0 radical (unpaired) electrons. The zero-order chi connectivity index (χ0) is 9.19. The quantitative estimate of drug-likeness (QED) is 0.627. The minimum atomic E-state index is -3.79. The zero-order valence-corrected chi connectivity index (χ0v) is 8.22. The fraction of sp³-hybridized carbons (Fsp3) is 1.00. The summed E-state index contributed by atoms with van der Waals surface area (Å²) in [5.74, 6) is 0. The van der Waals surface area contributed by atoms with Crippen molar-refractivity contribution in [3.8, 4) is 0 Å². The van der Waals surface area contributed by atoms with E-state index in [1.54, 1.807) is 6.92 Å². The summed E-state index contributed by atoms with van der Waals surface area (Å²) in [4.78, 5) is 19.1. The third-order valence-electron chi connectivity index (χ3n) is 1.32. The second-order valence-corrected chi connectivity index (χ2v) is 5.00. The molecular weight excluding hydrogens is 203 g/mol. The van der Waals surface area contributed by atoms with Crippen molar-refractivity contribution in [2.75, 3.05) is 13.2 Å². The first-order valence-corrected chi connectivity index (χ1v) is 6.02. The standard InChI is InChI=1S/C5H11O5PS/c1-4-8-2-5(10-4)3-9-11(6,7)12/h4-5H,2-3H2,1H3,(H2,6,7,12)/p-1/t4-,5-/m0/s1. The van der Waals surface area contributed by atoms with Crippen molar-refractivity contribution in [1.82, 2.24) is 0 Å². The van der Waals surface area contributed by atoms with Crippen LogP contribution in [0.25, 0.3) is 0 Å². The molecule has 1 aliphatic heterocycles. The van der Waals surface area contributed by atoms with Gasteiger partial charge in [0.05, 0.1) is 13.2 Å². The van der Waals surface area contributed by atoms with Crippen LogP contribution in [0.15, 0.2) is 0 Å². The van der Waals surface area contributed by atoms with Crippen LogP contribution >= 0.6 is 6.72 Å². The van der Waals surface area contributed by atoms with Crippen molar-refractivity contribution in [2.24, 2.45) is 0 Å². The van der Waals surface area contributed by atoms with E-state index in [4.69, 9.17) is 14.4 Å². The highest BCUT2D eigenvalue weighted by Gasteiger charge is 2.22. The zero-order valence-electron chi connectivity index (χ0n) is 6.50. The molecule has 0 bridgehead atoms. The minimum absolute atomic E-state index is 0.00160. The highest BCUT2D eigenvalue weighted by atomic mass is 32.5. The van der Waals surface area contributed by atoms with Gasteiger partial charge < -0.3 is 23.8 Å². The topological polar surface area (TPSA) is 71.0 Å². The summed E-state index contributed by atoms with van der Waals surface area (Å²) in [7, 11) is 0. The Morgan fingerprint density at radius 3 is 2.92 bits per heavy atom. The molecule has 7 heteroatoms. The summed E-state index contributed by atoms with van der Waals surface area (Å²) in [5, 5.41) is 0. The average Bonchev–Trinajstić information content (AvgIpc) is 2.30. The molecule has 1 heterocycles. The third kappa shape index (κ3) is 3.91. The van der Waals surface area contributed by atoms with Crippen LogP contribution in [0.2, 0.25) is 0 Å². The Morgan fingerprint density at radius 1 is 1.83 bits per heavy atom. The molecule has 1 unspecified atom stereocenters. The Balaban J connectivity index is 2.21. The van der Waals surface area contributed by atoms with Crippen molar-refractivity contribution < 1.29 is 23.8 Å². The Labute approximate surface area is 75.5 Å². The number of hydrogen-bond donors (Lipinski definition) is 1. The maximum atomic E-state index is 10.5. The maximum Gasteiger partial charge on any atom is 0.155 e. The number of ether oxygens (including phenoxy) is 2. The van der Waals surface area contributed by atoms with E-state index >= 15 is 0 Å². The Bertz CT molecular complexity index is 192. The second kappa shape index (κ2) is 4.11. The van der Waals surface area contributed by atoms with E-state index in [-0.39, 0.29) is 19.0 Å². The largest absolute Gasteiger partial charge is 0.780 e. The normalized spacial score (nSPS) is 34.9. The molecule has 0 saturated carbocycles. The molecule has 1 saturated heterocycles. The van der Waals surface area contributed by atoms with Crippen LogP contribution in [0.3, 0.4) is 0 Å². The first kappa shape index (κ1) is 10.5. The summed E-state index contributed by atoms with van der Waals surface area (Å²) in [6.45, 7) is -1.67. The third-order valence-corrected chi connectivity index (χ3v) is 2.12. The molecule has 0 aromatic rings. The fourth-order valence-corrected chi connectivity index (χ4v) is 1.39. The van der Waals surface area contributed by atoms with Crippen LogP contribution in [-0.4, -0.2) is 30.5 Å². The van der Waals surface area contributed by atoms with Crippen LogP contribution in [0.1, 0.15) is 6.92 Å². The van der Waals surface area contributed by atoms with Gasteiger partial charge in [0, 0.05) is 0 Å². The van der Waals surface area contributed by atoms with Crippen molar-refractivity contribution >= 4 is 18.5 Å². The summed E-state index contributed by atoms with van der Waals surface area (Å²) < 4.78 is 14.6. The SMILES string of the molecule is C[C@H]1OC[C@@H](COP([O-])(O)=S)O1. The van der Waals surface area contributed by atoms with Gasteiger partial charge in [-0.15, -0.1) is 0 Å². The molecule has 0 spiro atoms. The van der Waals surface area contributed by atoms with Gasteiger partial charge in [0.1, 0.15) is 12.8 Å². The summed E-state index contributed by atoms with van der Waals surface area (Å²) >= 11 is 4.14. The molecule has 0 aromatic heterocycles. The molecule has 0 aliphatic carbocycles. The van der Waals surface area contributed by atoms with Gasteiger partial charge in [-0.1, -0.05) is 11.8 Å². The van der Waals surface area contributed by atoms with Crippen LogP contribution in [0.4, 0.5) is 0 Å². The first-order valence-electron chi connectivity index (χ1n) is 3.43. The molecule has 72 valence electrons. The predicted molar refractivity (Wildman–Crippen MR) is 42.7 cm³/mol. The van der Waals surface area contributed by atoms with E-state index in [2.05, 4.69) is 16.3 Å². The van der Waals surface area contributed by atoms with Crippen molar-refractivity contribution in [2.45, 2.75) is 19.3 Å². The summed E-state index contributed by atoms with van der Waals surface area (Å²) in [6, 6.07) is 0. The van der Waals surface area contributed by atoms with Crippen LogP contribution in [0, 0.1) is 0 Å². The van der Waals surface area contributed by atoms with Gasteiger partial charge >= 0.3 is 0 Å². The average molecular weight is 213 g/mol. The highest BCUT2D eigenvalue weighted by molar-refractivity contribution is 8.06. The lowest BCUT2D eigenvalue weighted by Crippen LogP contribution is -2.19. The Morgan fingerprint density at radius 2 is 2.50 bits per heavy atom. The molecule has 1 N–H and O–H groups in total. The summed E-state index contributed by atoms with van der Waals surface area (Å²) in [5.41, 5.74) is 0. The molecule has 1 aliphatic rings. The van der Waals surface area contributed by atoms with Gasteiger partial charge in [-0.25, -0.2) is 0 Å². The fourth-order valence-electron chi connectivity index (χ4n) is 0.857. The van der Waals surface area contributed by atoms with Crippen LogP contribution in [-0.2, 0) is 25.8 Å². The van der Waals surface area contributed by atoms with Crippen LogP contribution < -0.4 is 4.89 Å². The highest BCUT2D eigenvalue weighted by Crippen LogP contribution is 2.31. The molecule has 1 rings (SSSR count). The molecule has 12 heavy (non-hydrogen) atoms. The van der Waals surface area contributed by atoms with Gasteiger partial charge in [-0.3, -0.25) is 0 Å². The van der Waals surface area contributed by atoms with Crippen LogP contribution in [0.5, 0.6) is 0 Å². The van der Waals surface area contributed by atoms with Gasteiger partial charge in [-0.05, 0) is 6.92 Å². The number of rotatable bonds is 3. The predicted octanol–water partition coefficient (Wildman–Crippen LogP) is -0.659. The molecular formula is C5H10O5PS-. The van der Waals surface area contributed by atoms with Crippen molar-refractivity contribution in [3.63, 3.8) is 0 Å². The van der Waals surface area contributed by atoms with E-state index in [1.807, 2.05) is 0 Å². The Kier molecular flexibility index (Phi) is 3.60. The van der Waals surface area contributed by atoms with Gasteiger partial charge in [0.15, 0.2) is 6.29 Å². The molecule has 3 atom stereocenters. The van der Waals surface area contributed by atoms with E-state index in [1.165, 1.54) is 0 Å². The van der Waals surface area contributed by atoms with Crippen molar-refractivity contribution in [1.29, 1.82) is 0 Å².